The molecule has 1 unspecified atom stereocenters. The summed E-state index contributed by atoms with van der Waals surface area (Å²) in [5.74, 6) is -0.177. The first-order valence-electron chi connectivity index (χ1n) is 4.88. The summed E-state index contributed by atoms with van der Waals surface area (Å²) < 4.78 is 4.61. The van der Waals surface area contributed by atoms with Gasteiger partial charge in [0.05, 0.1) is 13.5 Å². The van der Waals surface area contributed by atoms with Crippen LogP contribution in [0.5, 0.6) is 0 Å². The molecule has 0 saturated carbocycles. The van der Waals surface area contributed by atoms with Crippen LogP contribution in [0.4, 0.5) is 0 Å². The molecule has 1 rings (SSSR count). The summed E-state index contributed by atoms with van der Waals surface area (Å²) in [5.41, 5.74) is 2.48. The van der Waals surface area contributed by atoms with Crippen molar-refractivity contribution in [2.75, 3.05) is 7.11 Å². The number of halogens is 1. The monoisotopic (exact) mass is 270 g/mol. The van der Waals surface area contributed by atoms with Gasteiger partial charge in [-0.05, 0) is 18.9 Å². The zero-order valence-electron chi connectivity index (χ0n) is 9.00. The molecule has 0 fully saturated rings. The highest BCUT2D eigenvalue weighted by Crippen LogP contribution is 2.14. The number of esters is 1. The standard InChI is InChI=1S/C12H15BrO2/c1-9-3-5-10(6-4-9)7-11(13)8-12(14)15-2/h3-6,11H,7-8H2,1-2H3. The highest BCUT2D eigenvalue weighted by molar-refractivity contribution is 9.09. The minimum Gasteiger partial charge on any atom is -0.469 e. The van der Waals surface area contributed by atoms with E-state index in [0.717, 1.165) is 6.42 Å². The molecule has 2 nitrogen and oxygen atoms in total. The highest BCUT2D eigenvalue weighted by Gasteiger charge is 2.11. The van der Waals surface area contributed by atoms with Crippen LogP contribution in [0, 0.1) is 6.92 Å². The van der Waals surface area contributed by atoms with Crippen molar-refractivity contribution < 1.29 is 9.53 Å². The molecule has 0 amide bonds. The van der Waals surface area contributed by atoms with Gasteiger partial charge in [0.15, 0.2) is 0 Å². The Labute approximate surface area is 98.8 Å². The fourth-order valence-corrected chi connectivity index (χ4v) is 1.95. The number of carbonyl (C=O) groups excluding carboxylic acids is 1. The van der Waals surface area contributed by atoms with Crippen molar-refractivity contribution in [3.05, 3.63) is 35.4 Å². The second-order valence-electron chi connectivity index (χ2n) is 3.57. The van der Waals surface area contributed by atoms with Crippen LogP contribution in [0.25, 0.3) is 0 Å². The molecule has 0 aliphatic heterocycles. The van der Waals surface area contributed by atoms with Crippen molar-refractivity contribution in [3.8, 4) is 0 Å². The fourth-order valence-electron chi connectivity index (χ4n) is 1.32. The normalized spacial score (nSPS) is 12.2. The van der Waals surface area contributed by atoms with E-state index in [4.69, 9.17) is 0 Å². The second kappa shape index (κ2) is 5.91. The summed E-state index contributed by atoms with van der Waals surface area (Å²) in [6.07, 6.45) is 1.25. The van der Waals surface area contributed by atoms with E-state index < -0.39 is 0 Å². The van der Waals surface area contributed by atoms with Crippen molar-refractivity contribution >= 4 is 21.9 Å². The molecule has 0 aliphatic rings. The maximum Gasteiger partial charge on any atom is 0.306 e. The quantitative estimate of drug-likeness (QED) is 0.621. The number of rotatable bonds is 4. The van der Waals surface area contributed by atoms with Crippen LogP contribution in [-0.4, -0.2) is 17.9 Å². The number of benzene rings is 1. The lowest BCUT2D eigenvalue weighted by molar-refractivity contribution is -0.140. The van der Waals surface area contributed by atoms with Gasteiger partial charge in [0.25, 0.3) is 0 Å². The third-order valence-electron chi connectivity index (χ3n) is 2.19. The molecule has 0 aliphatic carbocycles. The Morgan fingerprint density at radius 2 is 2.00 bits per heavy atom. The minimum atomic E-state index is -0.177. The SMILES string of the molecule is COC(=O)CC(Br)Cc1ccc(C)cc1. The first kappa shape index (κ1) is 12.2. The first-order chi connectivity index (χ1) is 7.11. The first-order valence-corrected chi connectivity index (χ1v) is 5.80. The van der Waals surface area contributed by atoms with E-state index >= 15 is 0 Å². The van der Waals surface area contributed by atoms with Gasteiger partial charge in [-0.25, -0.2) is 0 Å². The number of hydrogen-bond acceptors (Lipinski definition) is 2. The molecule has 0 bridgehead atoms. The van der Waals surface area contributed by atoms with E-state index in [-0.39, 0.29) is 10.8 Å². The number of ether oxygens (including phenoxy) is 1. The molecule has 0 heterocycles. The smallest absolute Gasteiger partial charge is 0.306 e. The van der Waals surface area contributed by atoms with Crippen LogP contribution in [0.2, 0.25) is 0 Å². The van der Waals surface area contributed by atoms with Gasteiger partial charge in [-0.2, -0.15) is 0 Å². The van der Waals surface area contributed by atoms with E-state index in [0.29, 0.717) is 6.42 Å². The molecule has 0 aromatic heterocycles. The molecule has 0 saturated heterocycles. The van der Waals surface area contributed by atoms with Crippen LogP contribution in [0.15, 0.2) is 24.3 Å². The topological polar surface area (TPSA) is 26.3 Å². The summed E-state index contributed by atoms with van der Waals surface area (Å²) in [7, 11) is 1.41. The van der Waals surface area contributed by atoms with Crippen molar-refractivity contribution in [2.45, 2.75) is 24.6 Å². The van der Waals surface area contributed by atoms with E-state index in [9.17, 15) is 4.79 Å². The van der Waals surface area contributed by atoms with Gasteiger partial charge in [0.2, 0.25) is 0 Å². The molecule has 1 aromatic rings. The third kappa shape index (κ3) is 4.47. The fraction of sp³-hybridized carbons (Fsp3) is 0.417. The van der Waals surface area contributed by atoms with E-state index in [2.05, 4.69) is 51.9 Å². The highest BCUT2D eigenvalue weighted by atomic mass is 79.9. The van der Waals surface area contributed by atoms with Crippen molar-refractivity contribution in [3.63, 3.8) is 0 Å². The third-order valence-corrected chi connectivity index (χ3v) is 2.84. The average molecular weight is 271 g/mol. The maximum atomic E-state index is 11.0. The molecule has 82 valence electrons. The van der Waals surface area contributed by atoms with Crippen LogP contribution in [0.3, 0.4) is 0 Å². The van der Waals surface area contributed by atoms with Crippen molar-refractivity contribution in [2.24, 2.45) is 0 Å². The Kier molecular flexibility index (Phi) is 4.82. The van der Waals surface area contributed by atoms with Crippen LogP contribution in [-0.2, 0) is 16.0 Å². The average Bonchev–Trinajstić information content (AvgIpc) is 2.21. The summed E-state index contributed by atoms with van der Waals surface area (Å²) in [6, 6.07) is 8.32. The molecule has 1 aromatic carbocycles. The number of aryl methyl sites for hydroxylation is 1. The van der Waals surface area contributed by atoms with Crippen molar-refractivity contribution in [1.82, 2.24) is 0 Å². The Morgan fingerprint density at radius 3 is 2.53 bits per heavy atom. The van der Waals surface area contributed by atoms with Crippen molar-refractivity contribution in [1.29, 1.82) is 0 Å². The Bertz CT molecular complexity index is 319. The predicted molar refractivity (Wildman–Crippen MR) is 64.2 cm³/mol. The molecule has 0 radical (unpaired) electrons. The lowest BCUT2D eigenvalue weighted by atomic mass is 10.1. The zero-order valence-corrected chi connectivity index (χ0v) is 10.6. The summed E-state index contributed by atoms with van der Waals surface area (Å²) in [4.78, 5) is 11.2. The van der Waals surface area contributed by atoms with Gasteiger partial charge in [-0.1, -0.05) is 45.8 Å². The predicted octanol–water partition coefficient (Wildman–Crippen LogP) is 2.86. The number of carbonyl (C=O) groups is 1. The number of alkyl halides is 1. The molecule has 1 atom stereocenters. The Morgan fingerprint density at radius 1 is 1.40 bits per heavy atom. The molecule has 0 N–H and O–H groups in total. The summed E-state index contributed by atoms with van der Waals surface area (Å²) in [5, 5.41) is 0. The lowest BCUT2D eigenvalue weighted by Crippen LogP contribution is -2.11. The van der Waals surface area contributed by atoms with E-state index in [1.807, 2.05) is 0 Å². The molecule has 0 spiro atoms. The van der Waals surface area contributed by atoms with Gasteiger partial charge in [-0.15, -0.1) is 0 Å². The lowest BCUT2D eigenvalue weighted by Gasteiger charge is -2.08. The summed E-state index contributed by atoms with van der Waals surface area (Å²) in [6.45, 7) is 2.06. The largest absolute Gasteiger partial charge is 0.469 e. The van der Waals surface area contributed by atoms with Gasteiger partial charge in [0, 0.05) is 4.83 Å². The van der Waals surface area contributed by atoms with E-state index in [1.165, 1.54) is 18.2 Å². The second-order valence-corrected chi connectivity index (χ2v) is 4.86. The van der Waals surface area contributed by atoms with Gasteiger partial charge < -0.3 is 4.74 Å². The molecular weight excluding hydrogens is 256 g/mol. The molecule has 15 heavy (non-hydrogen) atoms. The Hall–Kier alpha value is -0.830. The molecular formula is C12H15BrO2. The Balaban J connectivity index is 2.47. The maximum absolute atomic E-state index is 11.0. The minimum absolute atomic E-state index is 0.146. The van der Waals surface area contributed by atoms with Crippen LogP contribution in [0.1, 0.15) is 17.5 Å². The summed E-state index contributed by atoms with van der Waals surface area (Å²) >= 11 is 3.47. The van der Waals surface area contributed by atoms with E-state index in [1.54, 1.807) is 0 Å². The van der Waals surface area contributed by atoms with Gasteiger partial charge in [-0.3, -0.25) is 4.79 Å². The van der Waals surface area contributed by atoms with Crippen LogP contribution < -0.4 is 0 Å². The molecule has 3 heteroatoms. The van der Waals surface area contributed by atoms with Crippen LogP contribution >= 0.6 is 15.9 Å². The number of hydrogen-bond donors (Lipinski definition) is 0. The van der Waals surface area contributed by atoms with Gasteiger partial charge >= 0.3 is 5.97 Å². The zero-order chi connectivity index (χ0) is 11.3. The van der Waals surface area contributed by atoms with Gasteiger partial charge in [0.1, 0.15) is 0 Å². The number of methoxy groups -OCH3 is 1.